The Bertz CT molecular complexity index is 1030. The molecule has 0 spiro atoms. The normalized spacial score (nSPS) is 11.0. The Hall–Kier alpha value is -2.55. The van der Waals surface area contributed by atoms with E-state index in [1.807, 2.05) is 0 Å². The molecule has 170 valence electrons. The van der Waals surface area contributed by atoms with Crippen LogP contribution in [0.1, 0.15) is 12.8 Å². The maximum Gasteiger partial charge on any atom is 0.167 e. The van der Waals surface area contributed by atoms with Gasteiger partial charge in [0.2, 0.25) is 0 Å². The van der Waals surface area contributed by atoms with Gasteiger partial charge in [-0.3, -0.25) is 0 Å². The van der Waals surface area contributed by atoms with Crippen LogP contribution < -0.4 is 37.6 Å². The summed E-state index contributed by atoms with van der Waals surface area (Å²) in [6.07, 6.45) is 2.70. The van der Waals surface area contributed by atoms with Crippen molar-refractivity contribution in [3.63, 3.8) is 0 Å². The summed E-state index contributed by atoms with van der Waals surface area (Å²) in [5.41, 5.74) is 0. The SMILES string of the molecule is Fc1ccc(OCCCC[P+](c2ccccc2)(c2ccccc2)c2ccccc2)c(F)c1.[Br-]. The van der Waals surface area contributed by atoms with Crippen molar-refractivity contribution in [2.75, 3.05) is 12.8 Å². The highest BCUT2D eigenvalue weighted by molar-refractivity contribution is 7.95. The summed E-state index contributed by atoms with van der Waals surface area (Å²) in [4.78, 5) is 0. The van der Waals surface area contributed by atoms with Crippen LogP contribution in [0.25, 0.3) is 0 Å². The Morgan fingerprint density at radius 2 is 1.09 bits per heavy atom. The Morgan fingerprint density at radius 3 is 1.55 bits per heavy atom. The van der Waals surface area contributed by atoms with Gasteiger partial charge in [0.05, 0.1) is 12.8 Å². The number of hydrogen-bond donors (Lipinski definition) is 0. The molecule has 0 fully saturated rings. The molecule has 0 N–H and O–H groups in total. The van der Waals surface area contributed by atoms with E-state index in [-0.39, 0.29) is 22.7 Å². The maximum absolute atomic E-state index is 13.9. The van der Waals surface area contributed by atoms with E-state index in [9.17, 15) is 8.78 Å². The molecule has 33 heavy (non-hydrogen) atoms. The highest BCUT2D eigenvalue weighted by atomic mass is 79.9. The fraction of sp³-hybridized carbons (Fsp3) is 0.143. The average Bonchev–Trinajstić information content (AvgIpc) is 2.84. The highest BCUT2D eigenvalue weighted by Crippen LogP contribution is 2.55. The Balaban J connectivity index is 0.00000306. The zero-order chi connectivity index (χ0) is 22.2. The summed E-state index contributed by atoms with van der Waals surface area (Å²) < 4.78 is 32.6. The number of halogens is 3. The molecule has 0 aliphatic rings. The third-order valence-electron chi connectivity index (χ3n) is 5.63. The molecule has 0 aliphatic heterocycles. The van der Waals surface area contributed by atoms with Crippen molar-refractivity contribution in [3.8, 4) is 5.75 Å². The maximum atomic E-state index is 13.9. The molecule has 1 nitrogen and oxygen atoms in total. The lowest BCUT2D eigenvalue weighted by molar-refractivity contribution is -0.00000782. The molecule has 0 aromatic heterocycles. The minimum absolute atomic E-state index is 0. The number of benzene rings is 4. The number of ether oxygens (including phenoxy) is 1. The molecule has 4 aromatic carbocycles. The zero-order valence-electron chi connectivity index (χ0n) is 18.2. The molecule has 0 amide bonds. The van der Waals surface area contributed by atoms with Gasteiger partial charge in [0.15, 0.2) is 11.6 Å². The first-order valence-corrected chi connectivity index (χ1v) is 12.8. The Morgan fingerprint density at radius 1 is 0.606 bits per heavy atom. The fourth-order valence-corrected chi connectivity index (χ4v) is 8.52. The van der Waals surface area contributed by atoms with E-state index < -0.39 is 18.9 Å². The largest absolute Gasteiger partial charge is 1.00 e. The van der Waals surface area contributed by atoms with E-state index in [4.69, 9.17) is 4.74 Å². The fourth-order valence-electron chi connectivity index (χ4n) is 4.11. The number of hydrogen-bond acceptors (Lipinski definition) is 1. The lowest BCUT2D eigenvalue weighted by atomic mass is 10.3. The van der Waals surface area contributed by atoms with Crippen LogP contribution in [0.5, 0.6) is 5.75 Å². The second-order valence-electron chi connectivity index (χ2n) is 7.67. The van der Waals surface area contributed by atoms with E-state index in [1.54, 1.807) is 0 Å². The standard InChI is InChI=1S/C28H26F2OP.BrH/c29-23-18-19-28(27(30)22-23)31-20-10-11-21-32(24-12-4-1-5-13-24,25-14-6-2-7-15-25)26-16-8-3-9-17-26;/h1-9,12-19,22H,10-11,20-21H2;1H/q+1;/p-1. The first kappa shape index (κ1) is 25.1. The zero-order valence-corrected chi connectivity index (χ0v) is 20.7. The van der Waals surface area contributed by atoms with Crippen molar-refractivity contribution in [3.05, 3.63) is 121 Å². The third-order valence-corrected chi connectivity index (χ3v) is 10.2. The summed E-state index contributed by atoms with van der Waals surface area (Å²) >= 11 is 0. The van der Waals surface area contributed by atoms with Gasteiger partial charge in [-0.15, -0.1) is 0 Å². The molecular formula is C28H26BrF2OP. The molecule has 0 heterocycles. The summed E-state index contributed by atoms with van der Waals surface area (Å²) in [5, 5.41) is 4.05. The van der Waals surface area contributed by atoms with Crippen LogP contribution in [0, 0.1) is 11.6 Å². The smallest absolute Gasteiger partial charge is 0.167 e. The van der Waals surface area contributed by atoms with E-state index in [0.29, 0.717) is 6.61 Å². The first-order chi connectivity index (χ1) is 15.7. The molecule has 4 rings (SSSR count). The van der Waals surface area contributed by atoms with Crippen LogP contribution in [0.2, 0.25) is 0 Å². The van der Waals surface area contributed by atoms with Crippen molar-refractivity contribution in [2.45, 2.75) is 12.8 Å². The van der Waals surface area contributed by atoms with Gasteiger partial charge >= 0.3 is 0 Å². The third kappa shape index (κ3) is 5.88. The highest BCUT2D eigenvalue weighted by Gasteiger charge is 2.44. The van der Waals surface area contributed by atoms with Crippen molar-refractivity contribution in [1.82, 2.24) is 0 Å². The molecule has 0 atom stereocenters. The molecule has 0 radical (unpaired) electrons. The molecule has 0 aliphatic carbocycles. The second kappa shape index (κ2) is 12.1. The van der Waals surface area contributed by atoms with Crippen LogP contribution in [-0.4, -0.2) is 12.8 Å². The second-order valence-corrected chi connectivity index (χ2v) is 11.3. The van der Waals surface area contributed by atoms with Gasteiger partial charge in [-0.25, -0.2) is 8.78 Å². The predicted molar refractivity (Wildman–Crippen MR) is 131 cm³/mol. The van der Waals surface area contributed by atoms with Gasteiger partial charge in [-0.05, 0) is 61.4 Å². The van der Waals surface area contributed by atoms with Crippen molar-refractivity contribution < 1.29 is 30.5 Å². The van der Waals surface area contributed by atoms with Gasteiger partial charge < -0.3 is 21.7 Å². The van der Waals surface area contributed by atoms with Crippen molar-refractivity contribution in [2.24, 2.45) is 0 Å². The molecule has 5 heteroatoms. The van der Waals surface area contributed by atoms with E-state index in [0.717, 1.165) is 25.1 Å². The topological polar surface area (TPSA) is 9.23 Å². The minimum Gasteiger partial charge on any atom is -1.00 e. The van der Waals surface area contributed by atoms with E-state index >= 15 is 0 Å². The average molecular weight is 527 g/mol. The molecule has 4 aromatic rings. The molecule has 0 unspecified atom stereocenters. The Kier molecular flexibility index (Phi) is 9.17. The van der Waals surface area contributed by atoms with Crippen LogP contribution >= 0.6 is 7.26 Å². The van der Waals surface area contributed by atoms with Gasteiger partial charge in [-0.1, -0.05) is 54.6 Å². The van der Waals surface area contributed by atoms with Crippen LogP contribution in [0.15, 0.2) is 109 Å². The lowest BCUT2D eigenvalue weighted by Crippen LogP contribution is -3.00. The minimum atomic E-state index is -1.86. The lowest BCUT2D eigenvalue weighted by Gasteiger charge is -2.27. The van der Waals surface area contributed by atoms with Gasteiger partial charge in [-0.2, -0.15) is 0 Å². The summed E-state index contributed by atoms with van der Waals surface area (Å²) in [6.45, 7) is 0.390. The monoisotopic (exact) mass is 526 g/mol. The number of rotatable bonds is 9. The van der Waals surface area contributed by atoms with Crippen molar-refractivity contribution >= 4 is 23.2 Å². The quantitative estimate of drug-likeness (QED) is 0.240. The van der Waals surface area contributed by atoms with E-state index in [2.05, 4.69) is 91.0 Å². The number of unbranched alkanes of at least 4 members (excludes halogenated alkanes) is 1. The van der Waals surface area contributed by atoms with Gasteiger partial charge in [0.1, 0.15) is 29.0 Å². The van der Waals surface area contributed by atoms with Crippen molar-refractivity contribution in [1.29, 1.82) is 0 Å². The first-order valence-electron chi connectivity index (χ1n) is 10.8. The molecule has 0 bridgehead atoms. The van der Waals surface area contributed by atoms with E-state index in [1.165, 1.54) is 28.0 Å². The molecular weight excluding hydrogens is 501 g/mol. The summed E-state index contributed by atoms with van der Waals surface area (Å²) in [7, 11) is -1.86. The summed E-state index contributed by atoms with van der Waals surface area (Å²) in [5.74, 6) is -1.16. The molecule has 0 saturated carbocycles. The Labute approximate surface area is 205 Å². The molecule has 0 saturated heterocycles. The summed E-state index contributed by atoms with van der Waals surface area (Å²) in [6, 6.07) is 35.6. The van der Waals surface area contributed by atoms with Crippen LogP contribution in [-0.2, 0) is 0 Å². The van der Waals surface area contributed by atoms with Gasteiger partial charge in [0.25, 0.3) is 0 Å². The predicted octanol–water partition coefficient (Wildman–Crippen LogP) is 3.12. The van der Waals surface area contributed by atoms with Crippen LogP contribution in [0.3, 0.4) is 0 Å². The van der Waals surface area contributed by atoms with Crippen LogP contribution in [0.4, 0.5) is 8.78 Å². The van der Waals surface area contributed by atoms with Gasteiger partial charge in [0, 0.05) is 6.07 Å².